The molecule has 88 heavy (non-hydrogen) atoms. The third-order valence-corrected chi connectivity index (χ3v) is 14.6. The summed E-state index contributed by atoms with van der Waals surface area (Å²) in [6.45, 7) is 2.58. The van der Waals surface area contributed by atoms with Gasteiger partial charge in [-0.1, -0.05) is 222 Å². The van der Waals surface area contributed by atoms with Crippen molar-refractivity contribution in [2.24, 2.45) is 0 Å². The monoisotopic (exact) mass is 1230 g/mol. The van der Waals surface area contributed by atoms with Crippen LogP contribution >= 0.6 is 0 Å². The maximum Gasteiger partial charge on any atom is 0.220 e. The second-order valence-corrected chi connectivity index (χ2v) is 22.1. The lowest BCUT2D eigenvalue weighted by atomic mass is 9.97. The van der Waals surface area contributed by atoms with Gasteiger partial charge >= 0.3 is 0 Å². The molecule has 0 aromatic carbocycles. The van der Waals surface area contributed by atoms with E-state index in [-0.39, 0.29) is 18.9 Å². The van der Waals surface area contributed by atoms with Gasteiger partial charge in [-0.3, -0.25) is 4.79 Å². The zero-order valence-electron chi connectivity index (χ0n) is 53.4. The second kappa shape index (κ2) is 56.1. The third-order valence-electron chi connectivity index (χ3n) is 14.6. The summed E-state index contributed by atoms with van der Waals surface area (Å²) in [5.74, 6) is -0.305. The smallest absolute Gasteiger partial charge is 0.220 e. The Balaban J connectivity index is 1.70. The van der Waals surface area contributed by atoms with Crippen molar-refractivity contribution < 1.29 is 64.6 Å². The molecule has 494 valence electrons. The molecule has 9 N–H and O–H groups in total. The van der Waals surface area contributed by atoms with Crippen LogP contribution in [0.15, 0.2) is 182 Å². The highest BCUT2D eigenvalue weighted by Gasteiger charge is 2.51. The predicted octanol–water partition coefficient (Wildman–Crippen LogP) is 13.0. The molecule has 0 radical (unpaired) electrons. The van der Waals surface area contributed by atoms with Gasteiger partial charge in [-0.15, -0.1) is 0 Å². The van der Waals surface area contributed by atoms with E-state index in [1.54, 1.807) is 6.08 Å². The molecule has 1 amide bonds. The van der Waals surface area contributed by atoms with Crippen LogP contribution in [0.4, 0.5) is 0 Å². The molecule has 0 saturated carbocycles. The SMILES string of the molecule is CC/C=C\C/C=C\C/C=C\C/C=C\C/C=C\C/C=C\C/C=C\C/C=C\C/C=C\C/C=C\C/C=C\C/C=C\CCCCC(=O)NC(COC1OC(CO)C(OC2OC(CO)C(O)C(O)C2O)C(O)C1O)C(O)/C=C/CC/C=C/CC/C=C/CCCCCCC. The van der Waals surface area contributed by atoms with Crippen LogP contribution in [0.2, 0.25) is 0 Å². The largest absolute Gasteiger partial charge is 0.394 e. The molecule has 2 aliphatic rings. The Morgan fingerprint density at radius 2 is 0.795 bits per heavy atom. The van der Waals surface area contributed by atoms with Gasteiger partial charge in [0.05, 0.1) is 32.0 Å². The number of hydrogen-bond acceptors (Lipinski definition) is 13. The number of allylic oxidation sites excluding steroid dienone is 29. The fraction of sp³-hybridized carbons (Fsp3) is 0.581. The van der Waals surface area contributed by atoms with Crippen LogP contribution < -0.4 is 5.32 Å². The Morgan fingerprint density at radius 1 is 0.420 bits per heavy atom. The van der Waals surface area contributed by atoms with Crippen LogP contribution in [-0.2, 0) is 23.7 Å². The topological polar surface area (TPSA) is 228 Å². The maximum absolute atomic E-state index is 13.3. The number of rotatable bonds is 50. The van der Waals surface area contributed by atoms with Crippen LogP contribution in [0.5, 0.6) is 0 Å². The van der Waals surface area contributed by atoms with E-state index in [9.17, 15) is 45.6 Å². The van der Waals surface area contributed by atoms with Gasteiger partial charge < -0.3 is 65.1 Å². The van der Waals surface area contributed by atoms with E-state index in [0.717, 1.165) is 116 Å². The fourth-order valence-electron chi connectivity index (χ4n) is 9.30. The lowest BCUT2D eigenvalue weighted by Crippen LogP contribution is -2.65. The first kappa shape index (κ1) is 79.2. The Bertz CT molecular complexity index is 2180. The minimum Gasteiger partial charge on any atom is -0.394 e. The van der Waals surface area contributed by atoms with Crippen molar-refractivity contribution in [3.05, 3.63) is 182 Å². The first-order valence-corrected chi connectivity index (χ1v) is 33.0. The summed E-state index contributed by atoms with van der Waals surface area (Å²) < 4.78 is 22.7. The van der Waals surface area contributed by atoms with Gasteiger partial charge in [0.1, 0.15) is 48.8 Å². The highest BCUT2D eigenvalue weighted by molar-refractivity contribution is 5.76. The number of amides is 1. The molecule has 0 aliphatic carbocycles. The molecule has 2 saturated heterocycles. The van der Waals surface area contributed by atoms with E-state index >= 15 is 0 Å². The molecule has 2 heterocycles. The standard InChI is InChI=1S/C74H115NO13/c1-3-5-7-9-11-13-15-17-19-20-21-22-23-24-25-26-27-28-29-30-31-32-33-34-35-36-37-38-39-40-41-42-44-46-48-50-52-54-56-58-66(79)75-62(63(78)57-55-53-51-49-47-45-43-18-16-14-12-10-8-6-4-2)61-85-73-71(84)69(82)72(65(60-77)87-73)88-74-70(83)68(81)67(80)64(59-76)86-74/h5,7,11,13,16-19,21-22,24-25,27-28,30-31,33-34,36-37,39-40,42,44,47-50,55,57,62-65,67-74,76-78,80-84H,3-4,6,8-10,12,14-15,20,23,26,29,32,35,38,41,43,45-46,51-54,56,58-61H2,1-2H3,(H,75,79)/b7-5-,13-11-,18-16+,19-17-,22-21-,25-24-,28-27-,31-30-,34-33-,37-36-,40-39-,44-42-,49-47+,50-48-,57-55+. The first-order chi connectivity index (χ1) is 43.1. The molecular formula is C74H115NO13. The summed E-state index contributed by atoms with van der Waals surface area (Å²) in [5, 5.41) is 87.1. The molecule has 0 bridgehead atoms. The van der Waals surface area contributed by atoms with E-state index in [1.165, 1.54) is 32.1 Å². The molecule has 2 aliphatic heterocycles. The fourth-order valence-corrected chi connectivity index (χ4v) is 9.30. The lowest BCUT2D eigenvalue weighted by molar-refractivity contribution is -0.359. The zero-order valence-corrected chi connectivity index (χ0v) is 53.4. The highest BCUT2D eigenvalue weighted by Crippen LogP contribution is 2.30. The normalized spacial score (nSPS) is 24.4. The zero-order chi connectivity index (χ0) is 63.8. The van der Waals surface area contributed by atoms with Crippen LogP contribution in [0, 0.1) is 0 Å². The quantitative estimate of drug-likeness (QED) is 0.0204. The Kier molecular flexibility index (Phi) is 50.5. The summed E-state index contributed by atoms with van der Waals surface area (Å²) in [6.07, 6.45) is 72.3. The third kappa shape index (κ3) is 40.0. The first-order valence-electron chi connectivity index (χ1n) is 33.0. The highest BCUT2D eigenvalue weighted by atomic mass is 16.7. The van der Waals surface area contributed by atoms with Gasteiger partial charge in [0.25, 0.3) is 0 Å². The molecule has 14 heteroatoms. The Morgan fingerprint density at radius 3 is 1.24 bits per heavy atom. The van der Waals surface area contributed by atoms with Crippen LogP contribution in [0.25, 0.3) is 0 Å². The molecule has 0 aromatic heterocycles. The average molecular weight is 1230 g/mol. The Labute approximate surface area is 530 Å². The molecule has 12 unspecified atom stereocenters. The lowest BCUT2D eigenvalue weighted by Gasteiger charge is -2.46. The number of ether oxygens (including phenoxy) is 4. The van der Waals surface area contributed by atoms with Crippen molar-refractivity contribution in [1.29, 1.82) is 0 Å². The molecule has 12 atom stereocenters. The van der Waals surface area contributed by atoms with Gasteiger partial charge in [-0.25, -0.2) is 0 Å². The summed E-state index contributed by atoms with van der Waals surface area (Å²) >= 11 is 0. The number of carbonyl (C=O) groups excluding carboxylic acids is 1. The van der Waals surface area contributed by atoms with Crippen LogP contribution in [0.3, 0.4) is 0 Å². The van der Waals surface area contributed by atoms with E-state index in [0.29, 0.717) is 12.8 Å². The van der Waals surface area contributed by atoms with E-state index < -0.39 is 86.8 Å². The van der Waals surface area contributed by atoms with Crippen molar-refractivity contribution in [2.45, 2.75) is 254 Å². The number of hydrogen-bond donors (Lipinski definition) is 9. The minimum absolute atomic E-state index is 0.201. The summed E-state index contributed by atoms with van der Waals surface area (Å²) in [7, 11) is 0. The maximum atomic E-state index is 13.3. The predicted molar refractivity (Wildman–Crippen MR) is 359 cm³/mol. The number of unbranched alkanes of at least 4 members (excludes halogenated alkanes) is 9. The van der Waals surface area contributed by atoms with Crippen molar-refractivity contribution >= 4 is 5.91 Å². The number of nitrogens with one attached hydrogen (secondary N) is 1. The average Bonchev–Trinajstić information content (AvgIpc) is 2.99. The van der Waals surface area contributed by atoms with Gasteiger partial charge in [0.2, 0.25) is 5.91 Å². The molecular weight excluding hydrogens is 1110 g/mol. The molecule has 2 rings (SSSR count). The van der Waals surface area contributed by atoms with Gasteiger partial charge in [0.15, 0.2) is 12.6 Å². The van der Waals surface area contributed by atoms with Gasteiger partial charge in [-0.2, -0.15) is 0 Å². The van der Waals surface area contributed by atoms with Crippen molar-refractivity contribution in [2.75, 3.05) is 19.8 Å². The summed E-state index contributed by atoms with van der Waals surface area (Å²) in [4.78, 5) is 13.3. The molecule has 2 fully saturated rings. The molecule has 0 aromatic rings. The van der Waals surface area contributed by atoms with E-state index in [1.807, 2.05) is 6.08 Å². The summed E-state index contributed by atoms with van der Waals surface area (Å²) in [5.41, 5.74) is 0. The summed E-state index contributed by atoms with van der Waals surface area (Å²) in [6, 6.07) is -0.976. The molecule has 14 nitrogen and oxygen atoms in total. The van der Waals surface area contributed by atoms with E-state index in [2.05, 4.69) is 189 Å². The van der Waals surface area contributed by atoms with E-state index in [4.69, 9.17) is 18.9 Å². The van der Waals surface area contributed by atoms with Crippen LogP contribution in [-0.4, -0.2) is 140 Å². The number of aliphatic hydroxyl groups excluding tert-OH is 8. The molecule has 0 spiro atoms. The van der Waals surface area contributed by atoms with Crippen LogP contribution in [0.1, 0.15) is 181 Å². The van der Waals surface area contributed by atoms with Crippen molar-refractivity contribution in [3.8, 4) is 0 Å². The minimum atomic E-state index is -1.81. The van der Waals surface area contributed by atoms with Gasteiger partial charge in [-0.05, 0) is 135 Å². The van der Waals surface area contributed by atoms with Crippen molar-refractivity contribution in [3.63, 3.8) is 0 Å². The number of carbonyl (C=O) groups is 1. The number of aliphatic hydroxyl groups is 8. The van der Waals surface area contributed by atoms with Gasteiger partial charge in [0, 0.05) is 6.42 Å². The Hall–Kier alpha value is -4.91. The second-order valence-electron chi connectivity index (χ2n) is 22.1. The van der Waals surface area contributed by atoms with Crippen molar-refractivity contribution in [1.82, 2.24) is 5.32 Å².